The van der Waals surface area contributed by atoms with E-state index in [9.17, 15) is 9.90 Å². The Morgan fingerprint density at radius 2 is 2.20 bits per heavy atom. The first kappa shape index (κ1) is 11.5. The molecule has 1 aromatic rings. The van der Waals surface area contributed by atoms with Crippen LogP contribution in [0.1, 0.15) is 18.4 Å². The third kappa shape index (κ3) is 2.70. The number of esters is 1. The average molecular weight is 209 g/mol. The van der Waals surface area contributed by atoms with Gasteiger partial charge in [-0.1, -0.05) is 19.1 Å². The van der Waals surface area contributed by atoms with Crippen molar-refractivity contribution in [2.45, 2.75) is 18.9 Å². The highest BCUT2D eigenvalue weighted by Crippen LogP contribution is 2.22. The minimum absolute atomic E-state index is 0.163. The Kier molecular flexibility index (Phi) is 3.68. The van der Waals surface area contributed by atoms with Gasteiger partial charge in [0, 0.05) is 5.92 Å². The molecule has 0 aliphatic carbocycles. The standard InChI is InChI=1S/C11H15NO3/c1-7(10(12)11(14)15-2)8-4-3-5-9(13)6-8/h3-7,10,13H,12H2,1-2H3. The van der Waals surface area contributed by atoms with Gasteiger partial charge in [0.05, 0.1) is 7.11 Å². The summed E-state index contributed by atoms with van der Waals surface area (Å²) in [5.41, 5.74) is 6.51. The van der Waals surface area contributed by atoms with Crippen LogP contribution in [0.4, 0.5) is 0 Å². The summed E-state index contributed by atoms with van der Waals surface area (Å²) >= 11 is 0. The lowest BCUT2D eigenvalue weighted by Gasteiger charge is -2.17. The molecule has 1 rings (SSSR count). The number of hydrogen-bond donors (Lipinski definition) is 2. The van der Waals surface area contributed by atoms with Gasteiger partial charge in [-0.2, -0.15) is 0 Å². The highest BCUT2D eigenvalue weighted by Gasteiger charge is 2.22. The number of carbonyl (C=O) groups excluding carboxylic acids is 1. The molecule has 0 bridgehead atoms. The number of aromatic hydroxyl groups is 1. The first-order valence-electron chi connectivity index (χ1n) is 4.68. The fourth-order valence-electron chi connectivity index (χ4n) is 1.36. The molecule has 15 heavy (non-hydrogen) atoms. The molecule has 0 radical (unpaired) electrons. The first-order chi connectivity index (χ1) is 7.06. The highest BCUT2D eigenvalue weighted by molar-refractivity contribution is 5.76. The van der Waals surface area contributed by atoms with Crippen molar-refractivity contribution in [1.82, 2.24) is 0 Å². The van der Waals surface area contributed by atoms with E-state index in [0.717, 1.165) is 5.56 Å². The maximum atomic E-state index is 11.2. The van der Waals surface area contributed by atoms with Crippen LogP contribution in [-0.2, 0) is 9.53 Å². The Morgan fingerprint density at radius 1 is 1.53 bits per heavy atom. The summed E-state index contributed by atoms with van der Waals surface area (Å²) in [4.78, 5) is 11.2. The molecule has 4 nitrogen and oxygen atoms in total. The van der Waals surface area contributed by atoms with Crippen LogP contribution in [0.15, 0.2) is 24.3 Å². The van der Waals surface area contributed by atoms with Gasteiger partial charge in [-0.15, -0.1) is 0 Å². The topological polar surface area (TPSA) is 72.5 Å². The molecule has 4 heteroatoms. The summed E-state index contributed by atoms with van der Waals surface area (Å²) in [6.45, 7) is 1.82. The van der Waals surface area contributed by atoms with Crippen molar-refractivity contribution in [2.24, 2.45) is 5.73 Å². The van der Waals surface area contributed by atoms with Gasteiger partial charge in [-0.05, 0) is 17.7 Å². The highest BCUT2D eigenvalue weighted by atomic mass is 16.5. The zero-order valence-corrected chi connectivity index (χ0v) is 8.81. The van der Waals surface area contributed by atoms with E-state index < -0.39 is 12.0 Å². The number of ether oxygens (including phenoxy) is 1. The molecule has 0 saturated heterocycles. The lowest BCUT2D eigenvalue weighted by atomic mass is 9.94. The predicted octanol–water partition coefficient (Wildman–Crippen LogP) is 0.996. The predicted molar refractivity (Wildman–Crippen MR) is 56.5 cm³/mol. The minimum Gasteiger partial charge on any atom is -0.508 e. The van der Waals surface area contributed by atoms with Gasteiger partial charge in [-0.25, -0.2) is 0 Å². The lowest BCUT2D eigenvalue weighted by molar-refractivity contribution is -0.142. The van der Waals surface area contributed by atoms with Gasteiger partial charge in [0.25, 0.3) is 0 Å². The van der Waals surface area contributed by atoms with Crippen LogP contribution in [0.3, 0.4) is 0 Å². The largest absolute Gasteiger partial charge is 0.508 e. The second kappa shape index (κ2) is 4.79. The van der Waals surface area contributed by atoms with Crippen LogP contribution in [0.2, 0.25) is 0 Å². The molecule has 2 atom stereocenters. The number of phenolic OH excluding ortho intramolecular Hbond substituents is 1. The Balaban J connectivity index is 2.84. The maximum absolute atomic E-state index is 11.2. The number of carbonyl (C=O) groups is 1. The minimum atomic E-state index is -0.711. The molecule has 0 amide bonds. The molecule has 0 spiro atoms. The molecule has 0 aliphatic rings. The number of nitrogens with two attached hydrogens (primary N) is 1. The van der Waals surface area contributed by atoms with E-state index >= 15 is 0 Å². The van der Waals surface area contributed by atoms with E-state index in [4.69, 9.17) is 5.73 Å². The van der Waals surface area contributed by atoms with E-state index in [1.165, 1.54) is 7.11 Å². The fourth-order valence-corrected chi connectivity index (χ4v) is 1.36. The molecule has 0 saturated carbocycles. The number of methoxy groups -OCH3 is 1. The summed E-state index contributed by atoms with van der Waals surface area (Å²) < 4.78 is 4.56. The zero-order chi connectivity index (χ0) is 11.4. The second-order valence-electron chi connectivity index (χ2n) is 3.43. The number of hydrogen-bond acceptors (Lipinski definition) is 4. The molecule has 0 aliphatic heterocycles. The SMILES string of the molecule is COC(=O)C(N)C(C)c1cccc(O)c1. The number of benzene rings is 1. The Morgan fingerprint density at radius 3 is 2.73 bits per heavy atom. The third-order valence-electron chi connectivity index (χ3n) is 2.41. The van der Waals surface area contributed by atoms with Crippen LogP contribution >= 0.6 is 0 Å². The summed E-state index contributed by atoms with van der Waals surface area (Å²) in [6, 6.07) is 5.97. The van der Waals surface area contributed by atoms with Gasteiger partial charge in [0.15, 0.2) is 0 Å². The zero-order valence-electron chi connectivity index (χ0n) is 8.81. The van der Waals surface area contributed by atoms with Crippen molar-refractivity contribution in [1.29, 1.82) is 0 Å². The van der Waals surface area contributed by atoms with Crippen LogP contribution in [0.5, 0.6) is 5.75 Å². The number of rotatable bonds is 3. The van der Waals surface area contributed by atoms with Crippen molar-refractivity contribution in [3.63, 3.8) is 0 Å². The Bertz CT molecular complexity index is 351. The van der Waals surface area contributed by atoms with Crippen LogP contribution in [-0.4, -0.2) is 24.2 Å². The van der Waals surface area contributed by atoms with Gasteiger partial charge >= 0.3 is 5.97 Å². The molecule has 2 unspecified atom stereocenters. The molecule has 0 heterocycles. The summed E-state index contributed by atoms with van der Waals surface area (Å²) in [5, 5.41) is 9.28. The molecule has 1 aromatic carbocycles. The summed E-state index contributed by atoms with van der Waals surface area (Å²) in [5.74, 6) is -0.480. The van der Waals surface area contributed by atoms with Crippen molar-refractivity contribution in [3.8, 4) is 5.75 Å². The van der Waals surface area contributed by atoms with E-state index in [2.05, 4.69) is 4.74 Å². The van der Waals surface area contributed by atoms with E-state index in [0.29, 0.717) is 0 Å². The smallest absolute Gasteiger partial charge is 0.323 e. The van der Waals surface area contributed by atoms with Crippen LogP contribution in [0.25, 0.3) is 0 Å². The van der Waals surface area contributed by atoms with Crippen molar-refractivity contribution < 1.29 is 14.6 Å². The summed E-state index contributed by atoms with van der Waals surface area (Å²) in [6.07, 6.45) is 0. The molecular formula is C11H15NO3. The Labute approximate surface area is 88.7 Å². The maximum Gasteiger partial charge on any atom is 0.323 e. The van der Waals surface area contributed by atoms with E-state index in [1.807, 2.05) is 13.0 Å². The number of phenols is 1. The molecule has 3 N–H and O–H groups in total. The van der Waals surface area contributed by atoms with Gasteiger partial charge in [0.2, 0.25) is 0 Å². The summed E-state index contributed by atoms with van der Waals surface area (Å²) in [7, 11) is 1.30. The molecular weight excluding hydrogens is 194 g/mol. The van der Waals surface area contributed by atoms with Crippen molar-refractivity contribution in [2.75, 3.05) is 7.11 Å². The van der Waals surface area contributed by atoms with E-state index in [-0.39, 0.29) is 11.7 Å². The van der Waals surface area contributed by atoms with Crippen molar-refractivity contribution >= 4 is 5.97 Å². The molecule has 0 fully saturated rings. The fraction of sp³-hybridized carbons (Fsp3) is 0.364. The average Bonchev–Trinajstić information content (AvgIpc) is 2.26. The van der Waals surface area contributed by atoms with Crippen molar-refractivity contribution in [3.05, 3.63) is 29.8 Å². The lowest BCUT2D eigenvalue weighted by Crippen LogP contribution is -2.36. The van der Waals surface area contributed by atoms with Crippen LogP contribution in [0, 0.1) is 0 Å². The normalized spacial score (nSPS) is 14.3. The van der Waals surface area contributed by atoms with Gasteiger partial charge in [0.1, 0.15) is 11.8 Å². The van der Waals surface area contributed by atoms with Crippen LogP contribution < -0.4 is 5.73 Å². The quantitative estimate of drug-likeness (QED) is 0.728. The van der Waals surface area contributed by atoms with Gasteiger partial charge in [-0.3, -0.25) is 4.79 Å². The molecule has 0 aromatic heterocycles. The first-order valence-corrected chi connectivity index (χ1v) is 4.68. The van der Waals surface area contributed by atoms with E-state index in [1.54, 1.807) is 18.2 Å². The molecule has 82 valence electrons. The Hall–Kier alpha value is -1.55. The third-order valence-corrected chi connectivity index (χ3v) is 2.41. The van der Waals surface area contributed by atoms with Gasteiger partial charge < -0.3 is 15.6 Å². The second-order valence-corrected chi connectivity index (χ2v) is 3.43. The monoisotopic (exact) mass is 209 g/mol.